The predicted octanol–water partition coefficient (Wildman–Crippen LogP) is 1.57. The Hall–Kier alpha value is -2.85. The van der Waals surface area contributed by atoms with Crippen LogP contribution >= 0.6 is 15.9 Å². The molecule has 0 amide bonds. The first-order valence-corrected chi connectivity index (χ1v) is 12.9. The third kappa shape index (κ3) is 5.92. The first-order valence-electron chi connectivity index (χ1n) is 10.6. The van der Waals surface area contributed by atoms with Gasteiger partial charge in [-0.2, -0.15) is 13.5 Å². The van der Waals surface area contributed by atoms with Crippen LogP contribution in [0, 0.1) is 11.7 Å². The van der Waals surface area contributed by atoms with Crippen molar-refractivity contribution in [2.24, 2.45) is 11.1 Å². The van der Waals surface area contributed by atoms with E-state index in [-0.39, 0.29) is 30.0 Å². The monoisotopic (exact) mass is 586 g/mol. The van der Waals surface area contributed by atoms with E-state index >= 15 is 0 Å². The molecule has 1 saturated carbocycles. The highest BCUT2D eigenvalue weighted by molar-refractivity contribution is 9.10. The van der Waals surface area contributed by atoms with Crippen LogP contribution in [0.25, 0.3) is 0 Å². The molecule has 1 aliphatic rings. The minimum atomic E-state index is -4.25. The lowest BCUT2D eigenvalue weighted by atomic mass is 10.1. The number of nitrogens with zero attached hydrogens (tertiary/aromatic N) is 4. The van der Waals surface area contributed by atoms with E-state index in [1.54, 1.807) is 18.2 Å². The number of benzene rings is 1. The molecule has 4 N–H and O–H groups in total. The highest BCUT2D eigenvalue weighted by Crippen LogP contribution is 2.32. The summed E-state index contributed by atoms with van der Waals surface area (Å²) in [6, 6.07) is 5.31. The minimum Gasteiger partial charge on any atom is -0.390 e. The molecule has 192 valence electrons. The molecule has 4 rings (SSSR count). The fourth-order valence-corrected chi connectivity index (χ4v) is 4.69. The number of aromatic nitrogens is 4. The van der Waals surface area contributed by atoms with Crippen LogP contribution in [0.1, 0.15) is 28.0 Å². The van der Waals surface area contributed by atoms with Crippen LogP contribution in [0.3, 0.4) is 0 Å². The molecule has 0 bridgehead atoms. The van der Waals surface area contributed by atoms with Crippen molar-refractivity contribution in [1.82, 2.24) is 19.7 Å². The molecule has 1 fully saturated rings. The average molecular weight is 587 g/mol. The second kappa shape index (κ2) is 10.6. The third-order valence-corrected chi connectivity index (χ3v) is 6.79. The van der Waals surface area contributed by atoms with Crippen LogP contribution in [-0.2, 0) is 21.0 Å². The average Bonchev–Trinajstić information content (AvgIpc) is 3.40. The van der Waals surface area contributed by atoms with E-state index in [0.717, 1.165) is 6.33 Å². The van der Waals surface area contributed by atoms with E-state index in [0.29, 0.717) is 10.0 Å². The molecule has 0 saturated heterocycles. The number of carbonyl (C=O) groups excluding carboxylic acids is 1. The molecule has 2 heterocycles. The standard InChI is InChI=1S/C21H21BrF2N6O5S/c22-14-3-1-2-11(17(14)23)8-30-5-4-15(29-30)20(32)13-7-26-10-27-21(13)28-16-6-12(19(31)18(16)24)9-35-36(25,33)34/h1-5,7,10,12,16,18-19,31H,6,8-9H2,(H2,25,33,34)(H,26,27,28)/t12-,16?,18-,19-/m1/s1. The number of alkyl halides is 1. The summed E-state index contributed by atoms with van der Waals surface area (Å²) in [7, 11) is -4.25. The number of carbonyl (C=O) groups is 1. The lowest BCUT2D eigenvalue weighted by Gasteiger charge is -2.18. The summed E-state index contributed by atoms with van der Waals surface area (Å²) in [5, 5.41) is 22.0. The van der Waals surface area contributed by atoms with Gasteiger partial charge in [-0.25, -0.2) is 23.9 Å². The molecule has 2 aromatic heterocycles. The van der Waals surface area contributed by atoms with Crippen molar-refractivity contribution in [2.75, 3.05) is 11.9 Å². The Morgan fingerprint density at radius 2 is 2.14 bits per heavy atom. The smallest absolute Gasteiger partial charge is 0.333 e. The van der Waals surface area contributed by atoms with Crippen molar-refractivity contribution >= 4 is 37.8 Å². The van der Waals surface area contributed by atoms with Gasteiger partial charge < -0.3 is 10.4 Å². The number of nitrogens with two attached hydrogens (primary N) is 1. The van der Waals surface area contributed by atoms with Crippen LogP contribution in [0.2, 0.25) is 0 Å². The van der Waals surface area contributed by atoms with E-state index in [4.69, 9.17) is 5.14 Å². The molecule has 36 heavy (non-hydrogen) atoms. The van der Waals surface area contributed by atoms with Gasteiger partial charge in [-0.1, -0.05) is 12.1 Å². The summed E-state index contributed by atoms with van der Waals surface area (Å²) in [6.45, 7) is -0.412. The second-order valence-electron chi connectivity index (χ2n) is 8.18. The van der Waals surface area contributed by atoms with Gasteiger partial charge in [0.1, 0.15) is 29.8 Å². The molecule has 1 aromatic carbocycles. The van der Waals surface area contributed by atoms with Crippen LogP contribution in [0.15, 0.2) is 47.5 Å². The fraction of sp³-hybridized carbons (Fsp3) is 0.333. The SMILES string of the molecule is NS(=O)(=O)OC[C@H]1CC(Nc2ncncc2C(=O)c2ccn(Cc3cccc(Br)c3F)n2)[C@@H](F)[C@@H]1O. The fourth-order valence-electron chi connectivity index (χ4n) is 3.92. The number of anilines is 1. The van der Waals surface area contributed by atoms with Crippen molar-refractivity contribution in [1.29, 1.82) is 0 Å². The van der Waals surface area contributed by atoms with Crippen molar-refractivity contribution in [3.63, 3.8) is 0 Å². The topological polar surface area (TPSA) is 162 Å². The normalized spacial score (nSPS) is 22.0. The molecule has 1 aliphatic carbocycles. The Balaban J connectivity index is 1.49. The van der Waals surface area contributed by atoms with Crippen molar-refractivity contribution in [3.8, 4) is 0 Å². The van der Waals surface area contributed by atoms with Gasteiger partial charge in [-0.3, -0.25) is 13.7 Å². The highest BCUT2D eigenvalue weighted by Gasteiger charge is 2.44. The molecular weight excluding hydrogens is 566 g/mol. The molecule has 0 spiro atoms. The number of ketones is 1. The van der Waals surface area contributed by atoms with Crippen molar-refractivity contribution in [3.05, 3.63) is 70.1 Å². The number of hydrogen-bond acceptors (Lipinski definition) is 9. The highest BCUT2D eigenvalue weighted by atomic mass is 79.9. The number of aliphatic hydroxyl groups excluding tert-OH is 1. The van der Waals surface area contributed by atoms with Crippen LogP contribution in [0.4, 0.5) is 14.6 Å². The van der Waals surface area contributed by atoms with Crippen LogP contribution < -0.4 is 10.5 Å². The Kier molecular flexibility index (Phi) is 7.75. The summed E-state index contributed by atoms with van der Waals surface area (Å²) in [5.41, 5.74) is 0.403. The predicted molar refractivity (Wildman–Crippen MR) is 126 cm³/mol. The lowest BCUT2D eigenvalue weighted by molar-refractivity contribution is 0.0501. The number of aliphatic hydroxyl groups is 1. The van der Waals surface area contributed by atoms with E-state index in [1.165, 1.54) is 23.1 Å². The largest absolute Gasteiger partial charge is 0.390 e. The summed E-state index contributed by atoms with van der Waals surface area (Å²) in [4.78, 5) is 21.0. The van der Waals surface area contributed by atoms with Crippen molar-refractivity contribution in [2.45, 2.75) is 31.3 Å². The molecule has 1 unspecified atom stereocenters. The Labute approximate surface area is 213 Å². The first kappa shape index (κ1) is 26.2. The van der Waals surface area contributed by atoms with Gasteiger partial charge in [-0.15, -0.1) is 0 Å². The zero-order valence-electron chi connectivity index (χ0n) is 18.5. The molecular formula is C21H21BrF2N6O5S. The van der Waals surface area contributed by atoms with E-state index < -0.39 is 52.7 Å². The summed E-state index contributed by atoms with van der Waals surface area (Å²) in [5.74, 6) is -1.84. The summed E-state index contributed by atoms with van der Waals surface area (Å²) in [6.07, 6.45) is 0.600. The van der Waals surface area contributed by atoms with E-state index in [9.17, 15) is 27.1 Å². The first-order chi connectivity index (χ1) is 17.0. The van der Waals surface area contributed by atoms with Crippen molar-refractivity contribution < 1.29 is 31.3 Å². The van der Waals surface area contributed by atoms with Gasteiger partial charge in [0, 0.05) is 23.9 Å². The maximum atomic E-state index is 14.7. The van der Waals surface area contributed by atoms with Crippen LogP contribution in [-0.4, -0.2) is 64.0 Å². The number of hydrogen-bond donors (Lipinski definition) is 3. The molecule has 15 heteroatoms. The second-order valence-corrected chi connectivity index (χ2v) is 10.3. The molecule has 11 nitrogen and oxygen atoms in total. The van der Waals surface area contributed by atoms with Gasteiger partial charge in [0.25, 0.3) is 0 Å². The van der Waals surface area contributed by atoms with Gasteiger partial charge >= 0.3 is 10.3 Å². The zero-order chi connectivity index (χ0) is 26.0. The third-order valence-electron chi connectivity index (χ3n) is 5.71. The number of nitrogens with one attached hydrogen (secondary N) is 1. The minimum absolute atomic E-state index is 0.00214. The molecule has 0 aliphatic heterocycles. The van der Waals surface area contributed by atoms with Gasteiger partial charge in [0.2, 0.25) is 5.78 Å². The maximum absolute atomic E-state index is 14.7. The van der Waals surface area contributed by atoms with Gasteiger partial charge in [0.05, 0.1) is 35.3 Å². The quantitative estimate of drug-likeness (QED) is 0.316. The van der Waals surface area contributed by atoms with E-state index in [2.05, 4.69) is 40.5 Å². The number of rotatable bonds is 9. The van der Waals surface area contributed by atoms with Gasteiger partial charge in [-0.05, 0) is 34.5 Å². The maximum Gasteiger partial charge on any atom is 0.333 e. The molecule has 0 radical (unpaired) electrons. The summed E-state index contributed by atoms with van der Waals surface area (Å²) < 4.78 is 57.3. The Morgan fingerprint density at radius 3 is 2.89 bits per heavy atom. The number of halogens is 3. The zero-order valence-corrected chi connectivity index (χ0v) is 20.9. The van der Waals surface area contributed by atoms with E-state index in [1.807, 2.05) is 0 Å². The van der Waals surface area contributed by atoms with Crippen LogP contribution in [0.5, 0.6) is 0 Å². The Morgan fingerprint density at radius 1 is 1.36 bits per heavy atom. The summed E-state index contributed by atoms with van der Waals surface area (Å²) >= 11 is 3.13. The molecule has 4 atom stereocenters. The molecule has 3 aromatic rings. The van der Waals surface area contributed by atoms with Gasteiger partial charge in [0.15, 0.2) is 0 Å². The Bertz CT molecular complexity index is 1370. The lowest BCUT2D eigenvalue weighted by Crippen LogP contribution is -2.33.